The standard InChI is InChI=1S/C28H31F6NO3/c1-16-11-19(13-22(12-16)28(32,33)34)24-17(2)35(26(36)38-24)15-20-14-21(27(29,30)31)9-10-23(20)25(37-3)18-7-5-4-6-8-18/h9-14,17-18,24-25H,4-8,15H2,1-3H3/t17-,24?,25+/m0/s1. The Labute approximate surface area is 217 Å². The molecule has 2 fully saturated rings. The van der Waals surface area contributed by atoms with E-state index in [0.717, 1.165) is 56.4 Å². The Balaban J connectivity index is 1.68. The number of nitrogens with zero attached hydrogens (tertiary/aromatic N) is 1. The highest BCUT2D eigenvalue weighted by Crippen LogP contribution is 2.42. The summed E-state index contributed by atoms with van der Waals surface area (Å²) in [5, 5.41) is 0. The molecule has 38 heavy (non-hydrogen) atoms. The van der Waals surface area contributed by atoms with Crippen LogP contribution >= 0.6 is 0 Å². The summed E-state index contributed by atoms with van der Waals surface area (Å²) in [6.45, 7) is 2.94. The molecule has 1 saturated carbocycles. The molecular formula is C28H31F6NO3. The monoisotopic (exact) mass is 543 g/mol. The van der Waals surface area contributed by atoms with Crippen molar-refractivity contribution in [2.24, 2.45) is 5.92 Å². The van der Waals surface area contributed by atoms with Crippen LogP contribution in [0.4, 0.5) is 31.1 Å². The third kappa shape index (κ3) is 5.95. The average molecular weight is 544 g/mol. The van der Waals surface area contributed by atoms with Gasteiger partial charge in [-0.2, -0.15) is 26.3 Å². The first-order valence-electron chi connectivity index (χ1n) is 12.7. The van der Waals surface area contributed by atoms with E-state index in [1.165, 1.54) is 31.1 Å². The van der Waals surface area contributed by atoms with Gasteiger partial charge < -0.3 is 9.47 Å². The van der Waals surface area contributed by atoms with Crippen LogP contribution in [0, 0.1) is 12.8 Å². The van der Waals surface area contributed by atoms with E-state index in [2.05, 4.69) is 0 Å². The van der Waals surface area contributed by atoms with Crippen molar-refractivity contribution < 1.29 is 40.6 Å². The Bertz CT molecular complexity index is 1160. The lowest BCUT2D eigenvalue weighted by Crippen LogP contribution is -2.32. The number of hydrogen-bond donors (Lipinski definition) is 0. The van der Waals surface area contributed by atoms with Crippen LogP contribution in [0.5, 0.6) is 0 Å². The van der Waals surface area contributed by atoms with Crippen LogP contribution in [-0.4, -0.2) is 24.1 Å². The predicted molar refractivity (Wildman–Crippen MR) is 128 cm³/mol. The van der Waals surface area contributed by atoms with Gasteiger partial charge >= 0.3 is 18.4 Å². The molecule has 1 unspecified atom stereocenters. The van der Waals surface area contributed by atoms with E-state index >= 15 is 0 Å². The molecule has 1 aliphatic heterocycles. The number of cyclic esters (lactones) is 1. The molecule has 1 saturated heterocycles. The predicted octanol–water partition coefficient (Wildman–Crippen LogP) is 8.38. The summed E-state index contributed by atoms with van der Waals surface area (Å²) in [4.78, 5) is 14.2. The van der Waals surface area contributed by atoms with Crippen LogP contribution < -0.4 is 0 Å². The minimum absolute atomic E-state index is 0.132. The molecule has 1 aliphatic carbocycles. The van der Waals surface area contributed by atoms with Crippen LogP contribution in [0.25, 0.3) is 0 Å². The number of amides is 1. The molecule has 1 heterocycles. The number of hydrogen-bond acceptors (Lipinski definition) is 3. The van der Waals surface area contributed by atoms with Crippen molar-refractivity contribution in [2.75, 3.05) is 7.11 Å². The first kappa shape index (κ1) is 28.3. The largest absolute Gasteiger partial charge is 0.439 e. The molecule has 0 aromatic heterocycles. The maximum Gasteiger partial charge on any atom is 0.416 e. The SMILES string of the molecule is CO[C@@H](c1ccc(C(F)(F)F)cc1CN1C(=O)OC(c2cc(C)cc(C(F)(F)F)c2)[C@@H]1C)C1CCCCC1. The van der Waals surface area contributed by atoms with Gasteiger partial charge in [0.15, 0.2) is 0 Å². The molecule has 2 aromatic rings. The number of benzene rings is 2. The van der Waals surface area contributed by atoms with Gasteiger partial charge in [-0.3, -0.25) is 4.90 Å². The molecule has 4 rings (SSSR count). The van der Waals surface area contributed by atoms with Gasteiger partial charge in [0.05, 0.1) is 23.3 Å². The zero-order valence-corrected chi connectivity index (χ0v) is 21.5. The summed E-state index contributed by atoms with van der Waals surface area (Å²) in [5.74, 6) is 0.132. The summed E-state index contributed by atoms with van der Waals surface area (Å²) >= 11 is 0. The summed E-state index contributed by atoms with van der Waals surface area (Å²) in [6.07, 6.45) is -6.52. The molecule has 1 amide bonds. The van der Waals surface area contributed by atoms with Gasteiger partial charge in [-0.1, -0.05) is 37.0 Å². The minimum Gasteiger partial charge on any atom is -0.439 e. The Hall–Kier alpha value is -2.75. The smallest absolute Gasteiger partial charge is 0.416 e. The van der Waals surface area contributed by atoms with Crippen molar-refractivity contribution in [3.8, 4) is 0 Å². The van der Waals surface area contributed by atoms with Gasteiger partial charge in [0.2, 0.25) is 0 Å². The number of carbonyl (C=O) groups is 1. The lowest BCUT2D eigenvalue weighted by Gasteiger charge is -2.32. The fraction of sp³-hybridized carbons (Fsp3) is 0.536. The van der Waals surface area contributed by atoms with E-state index < -0.39 is 47.8 Å². The van der Waals surface area contributed by atoms with Crippen LogP contribution in [0.15, 0.2) is 36.4 Å². The molecule has 0 bridgehead atoms. The fourth-order valence-electron chi connectivity index (χ4n) is 5.69. The molecular weight excluding hydrogens is 512 g/mol. The van der Waals surface area contributed by atoms with Crippen LogP contribution in [0.3, 0.4) is 0 Å². The topological polar surface area (TPSA) is 38.8 Å². The highest BCUT2D eigenvalue weighted by Gasteiger charge is 2.42. The van der Waals surface area contributed by atoms with E-state index in [9.17, 15) is 31.1 Å². The molecule has 3 atom stereocenters. The lowest BCUT2D eigenvalue weighted by atomic mass is 9.81. The molecule has 2 aliphatic rings. The Morgan fingerprint density at radius 2 is 1.63 bits per heavy atom. The molecule has 2 aromatic carbocycles. The van der Waals surface area contributed by atoms with Gasteiger partial charge in [-0.05, 0) is 73.6 Å². The summed E-state index contributed by atoms with van der Waals surface area (Å²) in [5.41, 5.74) is -0.313. The van der Waals surface area contributed by atoms with Crippen LogP contribution in [-0.2, 0) is 28.4 Å². The number of methoxy groups -OCH3 is 1. The average Bonchev–Trinajstić information content (AvgIpc) is 3.13. The van der Waals surface area contributed by atoms with Crippen LogP contribution in [0.1, 0.15) is 84.6 Å². The second-order valence-corrected chi connectivity index (χ2v) is 10.3. The second-order valence-electron chi connectivity index (χ2n) is 10.3. The third-order valence-electron chi connectivity index (χ3n) is 7.60. The molecule has 10 heteroatoms. The minimum atomic E-state index is -4.59. The van der Waals surface area contributed by atoms with Gasteiger partial charge in [0, 0.05) is 13.7 Å². The molecule has 0 N–H and O–H groups in total. The third-order valence-corrected chi connectivity index (χ3v) is 7.60. The highest BCUT2D eigenvalue weighted by molar-refractivity contribution is 5.71. The first-order valence-corrected chi connectivity index (χ1v) is 12.7. The number of aryl methyl sites for hydroxylation is 1. The number of alkyl halides is 6. The van der Waals surface area contributed by atoms with Crippen molar-refractivity contribution >= 4 is 6.09 Å². The summed E-state index contributed by atoms with van der Waals surface area (Å²) < 4.78 is 92.3. The van der Waals surface area contributed by atoms with Crippen molar-refractivity contribution in [3.05, 3.63) is 69.8 Å². The molecule has 0 spiro atoms. The zero-order valence-electron chi connectivity index (χ0n) is 21.5. The number of halogens is 6. The van der Waals surface area contributed by atoms with E-state index in [4.69, 9.17) is 9.47 Å². The maximum atomic E-state index is 13.6. The van der Waals surface area contributed by atoms with Crippen molar-refractivity contribution in [1.29, 1.82) is 0 Å². The van der Waals surface area contributed by atoms with E-state index in [1.54, 1.807) is 6.92 Å². The van der Waals surface area contributed by atoms with E-state index in [-0.39, 0.29) is 23.6 Å². The summed E-state index contributed by atoms with van der Waals surface area (Å²) in [6, 6.07) is 6.23. The zero-order chi connectivity index (χ0) is 27.8. The Morgan fingerprint density at radius 3 is 2.24 bits per heavy atom. The molecule has 4 nitrogen and oxygen atoms in total. The number of ether oxygens (including phenoxy) is 2. The lowest BCUT2D eigenvalue weighted by molar-refractivity contribution is -0.138. The number of rotatable bonds is 6. The fourth-order valence-corrected chi connectivity index (χ4v) is 5.69. The highest BCUT2D eigenvalue weighted by atomic mass is 19.4. The second kappa shape index (κ2) is 10.8. The van der Waals surface area contributed by atoms with Crippen molar-refractivity contribution in [3.63, 3.8) is 0 Å². The van der Waals surface area contributed by atoms with Crippen molar-refractivity contribution in [2.45, 2.75) is 83.1 Å². The maximum absolute atomic E-state index is 13.6. The number of carbonyl (C=O) groups excluding carboxylic acids is 1. The van der Waals surface area contributed by atoms with E-state index in [0.29, 0.717) is 11.1 Å². The van der Waals surface area contributed by atoms with Gasteiger partial charge in [-0.25, -0.2) is 4.79 Å². The van der Waals surface area contributed by atoms with Gasteiger partial charge in [-0.15, -0.1) is 0 Å². The van der Waals surface area contributed by atoms with Gasteiger partial charge in [0.1, 0.15) is 6.10 Å². The summed E-state index contributed by atoms with van der Waals surface area (Å²) in [7, 11) is 1.53. The Morgan fingerprint density at radius 1 is 0.974 bits per heavy atom. The van der Waals surface area contributed by atoms with Crippen molar-refractivity contribution in [1.82, 2.24) is 4.90 Å². The van der Waals surface area contributed by atoms with Gasteiger partial charge in [0.25, 0.3) is 0 Å². The van der Waals surface area contributed by atoms with E-state index in [1.807, 2.05) is 0 Å². The van der Waals surface area contributed by atoms with Crippen LogP contribution in [0.2, 0.25) is 0 Å². The first-order chi connectivity index (χ1) is 17.8. The quantitative estimate of drug-likeness (QED) is 0.344. The molecule has 208 valence electrons. The molecule has 0 radical (unpaired) electrons. The normalized spacial score (nSPS) is 22.0. The Kier molecular flexibility index (Phi) is 8.02.